The summed E-state index contributed by atoms with van der Waals surface area (Å²) in [7, 11) is 0. The second-order valence-electron chi connectivity index (χ2n) is 13.1. The number of furan rings is 1. The molecule has 1 nitrogen and oxygen atoms in total. The highest BCUT2D eigenvalue weighted by Gasteiger charge is 2.22. The molecule has 49 heavy (non-hydrogen) atoms. The molecule has 1 aromatic heterocycles. The summed E-state index contributed by atoms with van der Waals surface area (Å²) in [5.74, 6) is 0. The molecule has 0 unspecified atom stereocenters. The molecule has 0 aliphatic carbocycles. The molecule has 0 bridgehead atoms. The lowest BCUT2D eigenvalue weighted by molar-refractivity contribution is 0.669. The van der Waals surface area contributed by atoms with Crippen LogP contribution in [0.25, 0.3) is 109 Å². The second-order valence-corrected chi connectivity index (χ2v) is 13.1. The van der Waals surface area contributed by atoms with E-state index < -0.39 is 0 Å². The maximum Gasteiger partial charge on any atom is 0.136 e. The molecule has 0 atom stereocenters. The third-order valence-electron chi connectivity index (χ3n) is 10.6. The van der Waals surface area contributed by atoms with Gasteiger partial charge >= 0.3 is 0 Å². The van der Waals surface area contributed by atoms with Gasteiger partial charge in [-0.15, -0.1) is 0 Å². The molecular weight excluding hydrogens is 593 g/mol. The highest BCUT2D eigenvalue weighted by molar-refractivity contribution is 6.31. The molecular formula is C48H28O. The lowest BCUT2D eigenvalue weighted by Crippen LogP contribution is -1.93. The molecule has 0 amide bonds. The molecule has 0 aliphatic rings. The zero-order chi connectivity index (χ0) is 32.1. The molecule has 11 rings (SSSR count). The summed E-state index contributed by atoms with van der Waals surface area (Å²) in [6, 6.07) is 62.0. The molecule has 10 aromatic carbocycles. The van der Waals surface area contributed by atoms with Crippen molar-refractivity contribution in [2.45, 2.75) is 0 Å². The fraction of sp³-hybridized carbons (Fsp3) is 0. The van der Waals surface area contributed by atoms with E-state index in [2.05, 4.69) is 170 Å². The summed E-state index contributed by atoms with van der Waals surface area (Å²) in [6.45, 7) is 0. The van der Waals surface area contributed by atoms with Gasteiger partial charge in [-0.05, 0) is 105 Å². The minimum atomic E-state index is 0.915. The molecule has 0 N–H and O–H groups in total. The Balaban J connectivity index is 1.31. The van der Waals surface area contributed by atoms with Crippen LogP contribution in [0.1, 0.15) is 0 Å². The predicted molar refractivity (Wildman–Crippen MR) is 210 cm³/mol. The van der Waals surface area contributed by atoms with Crippen molar-refractivity contribution >= 4 is 86.6 Å². The summed E-state index contributed by atoms with van der Waals surface area (Å²) in [4.78, 5) is 0. The molecule has 0 spiro atoms. The Morgan fingerprint density at radius 2 is 0.694 bits per heavy atom. The van der Waals surface area contributed by atoms with Gasteiger partial charge in [-0.2, -0.15) is 0 Å². The average Bonchev–Trinajstić information content (AvgIpc) is 3.56. The monoisotopic (exact) mass is 620 g/mol. The SMILES string of the molecule is c1ccc2c(c1)cc(-c1c3ccccc3c(-c3cc4oc5ccc6ccccc6c5c4c4ccccc34)c3ccccc13)c1ccccc12. The van der Waals surface area contributed by atoms with Crippen molar-refractivity contribution < 1.29 is 4.42 Å². The number of rotatable bonds is 2. The van der Waals surface area contributed by atoms with E-state index in [1.807, 2.05) is 0 Å². The fourth-order valence-electron chi connectivity index (χ4n) is 8.58. The van der Waals surface area contributed by atoms with Gasteiger partial charge < -0.3 is 4.42 Å². The van der Waals surface area contributed by atoms with Crippen LogP contribution in [0.3, 0.4) is 0 Å². The van der Waals surface area contributed by atoms with Gasteiger partial charge in [-0.1, -0.05) is 152 Å². The Labute approximate surface area is 282 Å². The van der Waals surface area contributed by atoms with E-state index in [0.717, 1.165) is 11.2 Å². The van der Waals surface area contributed by atoms with Crippen molar-refractivity contribution in [1.82, 2.24) is 0 Å². The maximum absolute atomic E-state index is 6.74. The highest BCUT2D eigenvalue weighted by atomic mass is 16.3. The predicted octanol–water partition coefficient (Wildman–Crippen LogP) is 13.8. The summed E-state index contributed by atoms with van der Waals surface area (Å²) in [5, 5.41) is 17.3. The van der Waals surface area contributed by atoms with Crippen LogP contribution in [0.2, 0.25) is 0 Å². The van der Waals surface area contributed by atoms with Crippen LogP contribution in [-0.2, 0) is 0 Å². The van der Waals surface area contributed by atoms with E-state index >= 15 is 0 Å². The Bertz CT molecular complexity index is 3100. The van der Waals surface area contributed by atoms with Gasteiger partial charge in [-0.25, -0.2) is 0 Å². The van der Waals surface area contributed by atoms with Gasteiger partial charge in [0, 0.05) is 10.8 Å². The first kappa shape index (κ1) is 26.6. The first-order valence-electron chi connectivity index (χ1n) is 16.9. The first-order valence-corrected chi connectivity index (χ1v) is 16.9. The highest BCUT2D eigenvalue weighted by Crippen LogP contribution is 2.49. The maximum atomic E-state index is 6.74. The topological polar surface area (TPSA) is 13.1 Å². The Morgan fingerprint density at radius 3 is 1.33 bits per heavy atom. The molecule has 0 fully saturated rings. The number of benzene rings is 10. The van der Waals surface area contributed by atoms with Gasteiger partial charge in [0.25, 0.3) is 0 Å². The van der Waals surface area contributed by atoms with Gasteiger partial charge in [0.05, 0.1) is 0 Å². The van der Waals surface area contributed by atoms with Gasteiger partial charge in [0.15, 0.2) is 0 Å². The standard InChI is InChI=1S/C48H28O/c1-4-16-32-29(13-1)25-26-43-47(32)48-36-20-8-7-19-35(36)42(28-44(48)49-43)46-39-23-11-9-21-37(39)45(38-22-10-12-24-40(38)46)41-27-30-14-2-3-15-31(30)33-17-5-6-18-34(33)41/h1-28H. The molecule has 1 heteroatoms. The van der Waals surface area contributed by atoms with E-state index in [0.29, 0.717) is 0 Å². The lowest BCUT2D eigenvalue weighted by Gasteiger charge is -2.20. The molecule has 1 heterocycles. The van der Waals surface area contributed by atoms with Gasteiger partial charge in [-0.3, -0.25) is 0 Å². The van der Waals surface area contributed by atoms with Crippen LogP contribution < -0.4 is 0 Å². The smallest absolute Gasteiger partial charge is 0.136 e. The van der Waals surface area contributed by atoms with Crippen molar-refractivity contribution in [3.63, 3.8) is 0 Å². The summed E-state index contributed by atoms with van der Waals surface area (Å²) in [5.41, 5.74) is 6.80. The van der Waals surface area contributed by atoms with E-state index in [9.17, 15) is 0 Å². The Hall–Kier alpha value is -6.44. The minimum Gasteiger partial charge on any atom is -0.456 e. The van der Waals surface area contributed by atoms with Crippen molar-refractivity contribution in [2.75, 3.05) is 0 Å². The van der Waals surface area contributed by atoms with E-state index in [-0.39, 0.29) is 0 Å². The number of fused-ring (bicyclic) bond motifs is 12. The molecule has 11 aromatic rings. The largest absolute Gasteiger partial charge is 0.456 e. The van der Waals surface area contributed by atoms with Gasteiger partial charge in [0.2, 0.25) is 0 Å². The molecule has 0 radical (unpaired) electrons. The normalized spacial score (nSPS) is 12.1. The van der Waals surface area contributed by atoms with Crippen molar-refractivity contribution in [2.24, 2.45) is 0 Å². The zero-order valence-electron chi connectivity index (χ0n) is 26.6. The molecule has 0 saturated heterocycles. The third-order valence-corrected chi connectivity index (χ3v) is 10.6. The Kier molecular flexibility index (Phi) is 5.45. The first-order chi connectivity index (χ1) is 24.3. The van der Waals surface area contributed by atoms with Crippen LogP contribution in [0.5, 0.6) is 0 Å². The summed E-state index contributed by atoms with van der Waals surface area (Å²) in [6.07, 6.45) is 0. The van der Waals surface area contributed by atoms with Crippen LogP contribution in [-0.4, -0.2) is 0 Å². The number of hydrogen-bond acceptors (Lipinski definition) is 1. The van der Waals surface area contributed by atoms with Crippen molar-refractivity contribution in [3.8, 4) is 22.3 Å². The van der Waals surface area contributed by atoms with Crippen LogP contribution >= 0.6 is 0 Å². The summed E-state index contributed by atoms with van der Waals surface area (Å²) < 4.78 is 6.74. The zero-order valence-corrected chi connectivity index (χ0v) is 26.6. The van der Waals surface area contributed by atoms with Crippen LogP contribution in [0.4, 0.5) is 0 Å². The molecule has 226 valence electrons. The average molecular weight is 621 g/mol. The van der Waals surface area contributed by atoms with E-state index in [4.69, 9.17) is 4.42 Å². The second kappa shape index (κ2) is 10.0. The van der Waals surface area contributed by atoms with Crippen molar-refractivity contribution in [1.29, 1.82) is 0 Å². The third kappa shape index (κ3) is 3.70. The summed E-state index contributed by atoms with van der Waals surface area (Å²) >= 11 is 0. The molecule has 0 saturated carbocycles. The quantitative estimate of drug-likeness (QED) is 0.138. The number of hydrogen-bond donors (Lipinski definition) is 0. The minimum absolute atomic E-state index is 0.915. The van der Waals surface area contributed by atoms with E-state index in [1.165, 1.54) is 97.7 Å². The fourth-order valence-corrected chi connectivity index (χ4v) is 8.58. The van der Waals surface area contributed by atoms with Gasteiger partial charge in [0.1, 0.15) is 11.2 Å². The molecule has 0 aliphatic heterocycles. The van der Waals surface area contributed by atoms with E-state index in [1.54, 1.807) is 0 Å². The van der Waals surface area contributed by atoms with Crippen LogP contribution in [0, 0.1) is 0 Å². The Morgan fingerprint density at radius 1 is 0.265 bits per heavy atom. The van der Waals surface area contributed by atoms with Crippen LogP contribution in [0.15, 0.2) is 174 Å². The lowest BCUT2D eigenvalue weighted by atomic mass is 9.82. The van der Waals surface area contributed by atoms with Crippen molar-refractivity contribution in [3.05, 3.63) is 170 Å².